The summed E-state index contributed by atoms with van der Waals surface area (Å²) in [6, 6.07) is 10.1. The van der Waals surface area contributed by atoms with Crippen molar-refractivity contribution in [3.05, 3.63) is 57.3 Å². The zero-order valence-corrected chi connectivity index (χ0v) is 15.9. The fourth-order valence-electron chi connectivity index (χ4n) is 2.15. The van der Waals surface area contributed by atoms with Crippen molar-refractivity contribution in [2.75, 3.05) is 13.7 Å². The summed E-state index contributed by atoms with van der Waals surface area (Å²) in [5, 5.41) is 4.87. The summed E-state index contributed by atoms with van der Waals surface area (Å²) < 4.78 is 11.2. The van der Waals surface area contributed by atoms with Crippen LogP contribution >= 0.6 is 27.5 Å². The fourth-order valence-corrected chi connectivity index (χ4v) is 2.75. The summed E-state index contributed by atoms with van der Waals surface area (Å²) in [7, 11) is 1.49. The lowest BCUT2D eigenvalue weighted by Crippen LogP contribution is -2.17. The number of hydrogen-bond donors (Lipinski definition) is 1. The number of ether oxygens (including phenoxy) is 1. The number of nitrogens with two attached hydrogens (primary N) is 1. The summed E-state index contributed by atoms with van der Waals surface area (Å²) in [6.07, 6.45) is 0. The highest BCUT2D eigenvalue weighted by Gasteiger charge is 2.15. The maximum atomic E-state index is 12.2. The van der Waals surface area contributed by atoms with Gasteiger partial charge in [0, 0.05) is 5.39 Å². The van der Waals surface area contributed by atoms with Crippen LogP contribution in [-0.2, 0) is 4.84 Å². The average molecular weight is 439 g/mol. The van der Waals surface area contributed by atoms with Crippen LogP contribution in [0.2, 0.25) is 5.02 Å². The Hall–Kier alpha value is -2.58. The Balaban J connectivity index is 1.68. The molecule has 7 nitrogen and oxygen atoms in total. The molecule has 9 heteroatoms. The topological polar surface area (TPSA) is 99.9 Å². The van der Waals surface area contributed by atoms with Crippen LogP contribution in [0.5, 0.6) is 5.88 Å². The van der Waals surface area contributed by atoms with Crippen LogP contribution in [0.25, 0.3) is 11.0 Å². The van der Waals surface area contributed by atoms with Crippen molar-refractivity contribution in [3.8, 4) is 5.88 Å². The van der Waals surface area contributed by atoms with E-state index in [2.05, 4.69) is 26.1 Å². The molecule has 0 bridgehead atoms. The number of nitrogens with zero attached hydrogens (tertiary/aromatic N) is 2. The normalized spacial score (nSPS) is 11.6. The van der Waals surface area contributed by atoms with Crippen molar-refractivity contribution >= 4 is 50.1 Å². The van der Waals surface area contributed by atoms with Crippen LogP contribution in [0.4, 0.5) is 0 Å². The van der Waals surface area contributed by atoms with Gasteiger partial charge in [0.15, 0.2) is 18.2 Å². The molecule has 2 aromatic heterocycles. The molecule has 0 radical (unpaired) electrons. The molecule has 0 unspecified atom stereocenters. The number of halogens is 2. The lowest BCUT2D eigenvalue weighted by atomic mass is 10.2. The summed E-state index contributed by atoms with van der Waals surface area (Å²) >= 11 is 9.36. The lowest BCUT2D eigenvalue weighted by Gasteiger charge is -2.05. The Bertz CT molecular complexity index is 1000. The molecule has 3 aromatic rings. The number of hydrogen-bond acceptors (Lipinski definition) is 6. The first-order chi connectivity index (χ1) is 12.5. The largest absolute Gasteiger partial charge is 0.480 e. The van der Waals surface area contributed by atoms with Crippen molar-refractivity contribution in [1.82, 2.24) is 4.98 Å². The standard InChI is InChI=1S/C17H13BrClN3O4/c1-24-17-10(18)5-6-12(21-17)16(20)22-25-8-13(23)15-7-9-11(19)3-2-4-14(9)26-15/h2-7H,8H2,1H3,(H2,20,22). The molecule has 1 aromatic carbocycles. The maximum Gasteiger partial charge on any atom is 0.238 e. The molecule has 0 aliphatic carbocycles. The summed E-state index contributed by atoms with van der Waals surface area (Å²) in [6.45, 7) is -0.341. The SMILES string of the molecule is COc1nc(/C(N)=N/OCC(=O)c2cc3c(Cl)cccc3o2)ccc1Br. The minimum absolute atomic E-state index is 0.0104. The molecule has 3 rings (SSSR count). The highest BCUT2D eigenvalue weighted by atomic mass is 79.9. The second kappa shape index (κ2) is 7.76. The van der Waals surface area contributed by atoms with E-state index in [0.29, 0.717) is 32.0 Å². The monoisotopic (exact) mass is 437 g/mol. The number of ketones is 1. The Morgan fingerprint density at radius 3 is 2.92 bits per heavy atom. The second-order valence-corrected chi connectivity index (χ2v) is 6.38. The van der Waals surface area contributed by atoms with Gasteiger partial charge in [0.05, 0.1) is 16.6 Å². The number of pyridine rings is 1. The zero-order valence-electron chi connectivity index (χ0n) is 13.5. The third-order valence-corrected chi connectivity index (χ3v) is 4.34. The highest BCUT2D eigenvalue weighted by molar-refractivity contribution is 9.10. The first-order valence-corrected chi connectivity index (χ1v) is 8.54. The number of Topliss-reactive ketones (excluding diaryl/α,β-unsaturated/α-hetero) is 1. The quantitative estimate of drug-likeness (QED) is 0.272. The van der Waals surface area contributed by atoms with E-state index in [1.54, 1.807) is 36.4 Å². The Morgan fingerprint density at radius 2 is 2.19 bits per heavy atom. The van der Waals surface area contributed by atoms with E-state index in [-0.39, 0.29) is 18.2 Å². The Morgan fingerprint density at radius 1 is 1.38 bits per heavy atom. The van der Waals surface area contributed by atoms with Crippen molar-refractivity contribution in [1.29, 1.82) is 0 Å². The Labute approximate surface area is 161 Å². The van der Waals surface area contributed by atoms with Gasteiger partial charge in [-0.2, -0.15) is 0 Å². The van der Waals surface area contributed by atoms with E-state index in [1.807, 2.05) is 0 Å². The predicted octanol–water partition coefficient (Wildman–Crippen LogP) is 3.77. The second-order valence-electron chi connectivity index (χ2n) is 5.12. The number of carbonyl (C=O) groups is 1. The number of fused-ring (bicyclic) bond motifs is 1. The van der Waals surface area contributed by atoms with Gasteiger partial charge in [-0.3, -0.25) is 4.79 Å². The van der Waals surface area contributed by atoms with Gasteiger partial charge in [-0.25, -0.2) is 4.98 Å². The maximum absolute atomic E-state index is 12.2. The van der Waals surface area contributed by atoms with Gasteiger partial charge in [0.25, 0.3) is 0 Å². The molecule has 0 spiro atoms. The van der Waals surface area contributed by atoms with Crippen molar-refractivity contribution in [3.63, 3.8) is 0 Å². The van der Waals surface area contributed by atoms with Gasteiger partial charge in [-0.15, -0.1) is 0 Å². The van der Waals surface area contributed by atoms with Gasteiger partial charge in [0.1, 0.15) is 11.3 Å². The minimum Gasteiger partial charge on any atom is -0.480 e. The van der Waals surface area contributed by atoms with Crippen LogP contribution in [0, 0.1) is 0 Å². The summed E-state index contributed by atoms with van der Waals surface area (Å²) in [5.74, 6) is 0.104. The number of aromatic nitrogens is 1. The summed E-state index contributed by atoms with van der Waals surface area (Å²) in [4.78, 5) is 21.4. The molecule has 2 heterocycles. The van der Waals surface area contributed by atoms with Gasteiger partial charge >= 0.3 is 0 Å². The van der Waals surface area contributed by atoms with Gasteiger partial charge in [-0.05, 0) is 46.3 Å². The van der Waals surface area contributed by atoms with Crippen LogP contribution in [-0.4, -0.2) is 30.3 Å². The molecule has 0 amide bonds. The van der Waals surface area contributed by atoms with E-state index in [4.69, 9.17) is 31.3 Å². The molecule has 26 heavy (non-hydrogen) atoms. The number of benzene rings is 1. The highest BCUT2D eigenvalue weighted by Crippen LogP contribution is 2.26. The number of furan rings is 1. The van der Waals surface area contributed by atoms with E-state index < -0.39 is 5.78 Å². The van der Waals surface area contributed by atoms with Gasteiger partial charge in [-0.1, -0.05) is 22.8 Å². The molecule has 0 aliphatic heterocycles. The molecular weight excluding hydrogens is 426 g/mol. The number of methoxy groups -OCH3 is 1. The summed E-state index contributed by atoms with van der Waals surface area (Å²) in [5.41, 5.74) is 6.69. The third-order valence-electron chi connectivity index (χ3n) is 3.41. The van der Waals surface area contributed by atoms with Gasteiger partial charge < -0.3 is 19.7 Å². The number of amidine groups is 1. The van der Waals surface area contributed by atoms with E-state index in [9.17, 15) is 4.79 Å². The molecule has 0 aliphatic rings. The van der Waals surface area contributed by atoms with Crippen LogP contribution in [0.1, 0.15) is 16.2 Å². The Kier molecular flexibility index (Phi) is 5.43. The third kappa shape index (κ3) is 3.81. The van der Waals surface area contributed by atoms with Crippen LogP contribution in [0.3, 0.4) is 0 Å². The first-order valence-electron chi connectivity index (χ1n) is 7.37. The van der Waals surface area contributed by atoms with E-state index in [1.165, 1.54) is 7.11 Å². The zero-order chi connectivity index (χ0) is 18.7. The molecule has 0 saturated carbocycles. The van der Waals surface area contributed by atoms with Gasteiger partial charge in [0.2, 0.25) is 11.7 Å². The van der Waals surface area contributed by atoms with Crippen molar-refractivity contribution < 1.29 is 18.8 Å². The predicted molar refractivity (Wildman–Crippen MR) is 101 cm³/mol. The average Bonchev–Trinajstić information content (AvgIpc) is 3.08. The first kappa shape index (κ1) is 18.2. The van der Waals surface area contributed by atoms with Crippen LogP contribution in [0.15, 0.2) is 50.4 Å². The van der Waals surface area contributed by atoms with E-state index >= 15 is 0 Å². The number of oxime groups is 1. The fraction of sp³-hybridized carbons (Fsp3) is 0.118. The molecular formula is C17H13BrClN3O4. The molecule has 0 saturated heterocycles. The molecule has 2 N–H and O–H groups in total. The molecule has 0 fully saturated rings. The lowest BCUT2D eigenvalue weighted by molar-refractivity contribution is 0.0750. The smallest absolute Gasteiger partial charge is 0.238 e. The number of rotatable bonds is 6. The van der Waals surface area contributed by atoms with E-state index in [0.717, 1.165) is 0 Å². The molecule has 0 atom stereocenters. The minimum atomic E-state index is -0.393. The number of carbonyl (C=O) groups excluding carboxylic acids is 1. The van der Waals surface area contributed by atoms with Crippen molar-refractivity contribution in [2.24, 2.45) is 10.9 Å². The molecule has 134 valence electrons. The van der Waals surface area contributed by atoms with Crippen molar-refractivity contribution in [2.45, 2.75) is 0 Å². The van der Waals surface area contributed by atoms with Crippen LogP contribution < -0.4 is 10.5 Å².